The maximum atomic E-state index is 12.2. The summed E-state index contributed by atoms with van der Waals surface area (Å²) in [5.41, 5.74) is 3.24. The summed E-state index contributed by atoms with van der Waals surface area (Å²) in [6, 6.07) is 13.4. The maximum Gasteiger partial charge on any atom is 0.311 e. The van der Waals surface area contributed by atoms with Gasteiger partial charge in [0, 0.05) is 17.5 Å². The predicted molar refractivity (Wildman–Crippen MR) is 87.8 cm³/mol. The molecular formula is C20H20O3. The monoisotopic (exact) mass is 308 g/mol. The van der Waals surface area contributed by atoms with Gasteiger partial charge in [0.15, 0.2) is 0 Å². The Morgan fingerprint density at radius 3 is 2.57 bits per heavy atom. The molecule has 1 saturated carbocycles. The van der Waals surface area contributed by atoms with E-state index >= 15 is 0 Å². The summed E-state index contributed by atoms with van der Waals surface area (Å²) in [5.74, 6) is 1.70. The number of esters is 1. The summed E-state index contributed by atoms with van der Waals surface area (Å²) in [6.07, 6.45) is 4.41. The van der Waals surface area contributed by atoms with Crippen molar-refractivity contribution in [2.75, 3.05) is 0 Å². The number of benzene rings is 2. The first-order valence-corrected chi connectivity index (χ1v) is 8.32. The molecule has 2 aromatic carbocycles. The van der Waals surface area contributed by atoms with Gasteiger partial charge in [0.05, 0.1) is 0 Å². The first-order chi connectivity index (χ1) is 11.2. The Bertz CT molecular complexity index is 736. The highest BCUT2D eigenvalue weighted by atomic mass is 16.5. The van der Waals surface area contributed by atoms with Gasteiger partial charge >= 0.3 is 5.97 Å². The zero-order valence-corrected chi connectivity index (χ0v) is 13.0. The molecule has 0 aromatic heterocycles. The van der Waals surface area contributed by atoms with E-state index in [0.29, 0.717) is 36.2 Å². The van der Waals surface area contributed by atoms with Gasteiger partial charge in [0.25, 0.3) is 0 Å². The van der Waals surface area contributed by atoms with E-state index in [9.17, 15) is 9.90 Å². The van der Waals surface area contributed by atoms with Crippen molar-refractivity contribution in [3.63, 3.8) is 0 Å². The molecule has 23 heavy (non-hydrogen) atoms. The van der Waals surface area contributed by atoms with Crippen LogP contribution >= 0.6 is 0 Å². The highest BCUT2D eigenvalue weighted by molar-refractivity contribution is 5.74. The van der Waals surface area contributed by atoms with Gasteiger partial charge in [-0.05, 0) is 55.2 Å². The SMILES string of the molecule is O=C(CCc1ccccc1)Oc1ccc(O)c2c1[C@@H]1CC[C@H]2C1. The third kappa shape index (κ3) is 2.61. The van der Waals surface area contributed by atoms with Crippen molar-refractivity contribution in [2.24, 2.45) is 0 Å². The van der Waals surface area contributed by atoms with Crippen LogP contribution in [0.15, 0.2) is 42.5 Å². The Morgan fingerprint density at radius 1 is 1.04 bits per heavy atom. The summed E-state index contributed by atoms with van der Waals surface area (Å²) < 4.78 is 5.64. The van der Waals surface area contributed by atoms with E-state index in [1.165, 1.54) is 0 Å². The van der Waals surface area contributed by atoms with E-state index in [1.807, 2.05) is 30.3 Å². The van der Waals surface area contributed by atoms with Crippen molar-refractivity contribution in [1.29, 1.82) is 0 Å². The molecule has 1 fully saturated rings. The van der Waals surface area contributed by atoms with Gasteiger partial charge in [-0.3, -0.25) is 4.79 Å². The molecule has 0 radical (unpaired) electrons. The van der Waals surface area contributed by atoms with Crippen LogP contribution in [-0.4, -0.2) is 11.1 Å². The van der Waals surface area contributed by atoms with Crippen LogP contribution < -0.4 is 4.74 Å². The highest BCUT2D eigenvalue weighted by Gasteiger charge is 2.41. The third-order valence-electron chi connectivity index (χ3n) is 5.16. The number of aromatic hydroxyl groups is 1. The molecule has 3 heteroatoms. The van der Waals surface area contributed by atoms with E-state index in [4.69, 9.17) is 4.74 Å². The minimum absolute atomic E-state index is 0.204. The highest BCUT2D eigenvalue weighted by Crippen LogP contribution is 2.58. The van der Waals surface area contributed by atoms with E-state index in [-0.39, 0.29) is 5.97 Å². The molecule has 4 rings (SSSR count). The van der Waals surface area contributed by atoms with Crippen LogP contribution in [0.2, 0.25) is 0 Å². The van der Waals surface area contributed by atoms with Gasteiger partial charge in [-0.1, -0.05) is 30.3 Å². The van der Waals surface area contributed by atoms with Crippen molar-refractivity contribution in [3.05, 3.63) is 59.2 Å². The molecule has 2 atom stereocenters. The molecule has 3 nitrogen and oxygen atoms in total. The third-order valence-corrected chi connectivity index (χ3v) is 5.16. The fourth-order valence-electron chi connectivity index (χ4n) is 4.11. The molecule has 1 N–H and O–H groups in total. The van der Waals surface area contributed by atoms with E-state index in [2.05, 4.69) is 0 Å². The molecule has 0 saturated heterocycles. The Balaban J connectivity index is 1.49. The quantitative estimate of drug-likeness (QED) is 0.677. The van der Waals surface area contributed by atoms with Gasteiger partial charge in [-0.15, -0.1) is 0 Å². The number of carbonyl (C=O) groups is 1. The number of ether oxygens (including phenoxy) is 1. The fourth-order valence-corrected chi connectivity index (χ4v) is 4.11. The molecular weight excluding hydrogens is 288 g/mol. The molecule has 2 aliphatic rings. The van der Waals surface area contributed by atoms with Crippen molar-refractivity contribution in [1.82, 2.24) is 0 Å². The molecule has 0 amide bonds. The smallest absolute Gasteiger partial charge is 0.311 e. The van der Waals surface area contributed by atoms with Crippen LogP contribution in [0.1, 0.15) is 54.2 Å². The first kappa shape index (κ1) is 14.3. The van der Waals surface area contributed by atoms with E-state index in [1.54, 1.807) is 12.1 Å². The van der Waals surface area contributed by atoms with Crippen LogP contribution in [0.4, 0.5) is 0 Å². The Hall–Kier alpha value is -2.29. The minimum atomic E-state index is -0.204. The number of phenols is 1. The van der Waals surface area contributed by atoms with Crippen LogP contribution in [0.25, 0.3) is 0 Å². The fraction of sp³-hybridized carbons (Fsp3) is 0.350. The molecule has 2 bridgehead atoms. The average molecular weight is 308 g/mol. The van der Waals surface area contributed by atoms with Gasteiger partial charge in [0.1, 0.15) is 11.5 Å². The summed E-state index contributed by atoms with van der Waals surface area (Å²) in [5, 5.41) is 10.1. The van der Waals surface area contributed by atoms with Crippen LogP contribution in [0.3, 0.4) is 0 Å². The summed E-state index contributed by atoms with van der Waals surface area (Å²) in [7, 11) is 0. The minimum Gasteiger partial charge on any atom is -0.508 e. The van der Waals surface area contributed by atoms with Crippen LogP contribution in [0, 0.1) is 0 Å². The topological polar surface area (TPSA) is 46.5 Å². The number of hydrogen-bond acceptors (Lipinski definition) is 3. The lowest BCUT2D eigenvalue weighted by molar-refractivity contribution is -0.134. The molecule has 0 aliphatic heterocycles. The van der Waals surface area contributed by atoms with Crippen molar-refractivity contribution in [2.45, 2.75) is 43.9 Å². The average Bonchev–Trinajstić information content (AvgIpc) is 3.19. The summed E-state index contributed by atoms with van der Waals surface area (Å²) in [4.78, 5) is 12.2. The van der Waals surface area contributed by atoms with E-state index < -0.39 is 0 Å². The molecule has 0 heterocycles. The van der Waals surface area contributed by atoms with Gasteiger partial charge in [0.2, 0.25) is 0 Å². The lowest BCUT2D eigenvalue weighted by Gasteiger charge is -2.19. The van der Waals surface area contributed by atoms with Gasteiger partial charge in [-0.2, -0.15) is 0 Å². The molecule has 118 valence electrons. The second-order valence-electron chi connectivity index (χ2n) is 6.58. The van der Waals surface area contributed by atoms with Gasteiger partial charge < -0.3 is 9.84 Å². The Labute approximate surface area is 135 Å². The first-order valence-electron chi connectivity index (χ1n) is 8.32. The van der Waals surface area contributed by atoms with Crippen molar-refractivity contribution >= 4 is 5.97 Å². The maximum absolute atomic E-state index is 12.2. The number of hydrogen-bond donors (Lipinski definition) is 1. The lowest BCUT2D eigenvalue weighted by Crippen LogP contribution is -2.12. The molecule has 0 spiro atoms. The number of aryl methyl sites for hydroxylation is 1. The molecule has 2 aromatic rings. The lowest BCUT2D eigenvalue weighted by atomic mass is 9.90. The Morgan fingerprint density at radius 2 is 1.78 bits per heavy atom. The number of fused-ring (bicyclic) bond motifs is 5. The second kappa shape index (κ2) is 5.73. The zero-order chi connectivity index (χ0) is 15.8. The van der Waals surface area contributed by atoms with E-state index in [0.717, 1.165) is 36.0 Å². The molecule has 2 aliphatic carbocycles. The van der Waals surface area contributed by atoms with Crippen LogP contribution in [0.5, 0.6) is 11.5 Å². The summed E-state index contributed by atoms with van der Waals surface area (Å²) in [6.45, 7) is 0. The zero-order valence-electron chi connectivity index (χ0n) is 13.0. The largest absolute Gasteiger partial charge is 0.508 e. The standard InChI is InChI=1S/C20H20O3/c21-16-9-10-17(20-15-8-7-14(12-15)19(16)20)23-18(22)11-6-13-4-2-1-3-5-13/h1-5,9-10,14-15,21H,6-8,11-12H2/t14-,15+/m0/s1. The van der Waals surface area contributed by atoms with Crippen molar-refractivity contribution in [3.8, 4) is 11.5 Å². The number of carbonyl (C=O) groups excluding carboxylic acids is 1. The predicted octanol–water partition coefficient (Wildman–Crippen LogP) is 4.30. The Kier molecular flexibility index (Phi) is 3.56. The van der Waals surface area contributed by atoms with Crippen LogP contribution in [-0.2, 0) is 11.2 Å². The van der Waals surface area contributed by atoms with Crippen molar-refractivity contribution < 1.29 is 14.6 Å². The normalized spacial score (nSPS) is 21.2. The number of rotatable bonds is 4. The second-order valence-corrected chi connectivity index (χ2v) is 6.58. The van der Waals surface area contributed by atoms with Gasteiger partial charge in [-0.25, -0.2) is 0 Å². The summed E-state index contributed by atoms with van der Waals surface area (Å²) >= 11 is 0. The molecule has 0 unspecified atom stereocenters. The number of phenolic OH excluding ortho intramolecular Hbond substituents is 1.